The summed E-state index contributed by atoms with van der Waals surface area (Å²) in [7, 11) is -3.54. The highest BCUT2D eigenvalue weighted by Crippen LogP contribution is 2.21. The van der Waals surface area contributed by atoms with Gasteiger partial charge in [-0.05, 0) is 62.4 Å². The Kier molecular flexibility index (Phi) is 5.46. The van der Waals surface area contributed by atoms with Gasteiger partial charge in [0.2, 0.25) is 15.9 Å². The van der Waals surface area contributed by atoms with Crippen molar-refractivity contribution in [2.45, 2.75) is 56.5 Å². The predicted octanol–water partition coefficient (Wildman–Crippen LogP) is 1.05. The van der Waals surface area contributed by atoms with Gasteiger partial charge < -0.3 is 10.2 Å². The molecule has 3 rings (SSSR count). The highest BCUT2D eigenvalue weighted by Gasteiger charge is 2.27. The molecule has 2 atom stereocenters. The van der Waals surface area contributed by atoms with Gasteiger partial charge in [0.25, 0.3) is 0 Å². The molecule has 138 valence electrons. The second kappa shape index (κ2) is 7.43. The minimum absolute atomic E-state index is 0.0705. The molecular formula is C18H27N3O3S. The number of nitrogens with one attached hydrogen (secondary N) is 2. The molecule has 0 spiro atoms. The van der Waals surface area contributed by atoms with Crippen LogP contribution in [-0.2, 0) is 27.7 Å². The number of sulfonamides is 1. The summed E-state index contributed by atoms with van der Waals surface area (Å²) in [5.41, 5.74) is 2.16. The quantitative estimate of drug-likeness (QED) is 0.839. The van der Waals surface area contributed by atoms with Gasteiger partial charge in [-0.1, -0.05) is 6.07 Å². The molecule has 6 nitrogen and oxygen atoms in total. The Morgan fingerprint density at radius 2 is 1.96 bits per heavy atom. The summed E-state index contributed by atoms with van der Waals surface area (Å²) in [4.78, 5) is 13.7. The van der Waals surface area contributed by atoms with E-state index in [1.165, 1.54) is 0 Å². The number of carbonyl (C=O) groups is 1. The van der Waals surface area contributed by atoms with Crippen LogP contribution in [0, 0.1) is 0 Å². The zero-order chi connectivity index (χ0) is 18.0. The average Bonchev–Trinajstić information content (AvgIpc) is 2.79. The predicted molar refractivity (Wildman–Crippen MR) is 96.9 cm³/mol. The molecule has 2 heterocycles. The Hall–Kier alpha value is -1.44. The SMILES string of the molecule is CC(=O)N1CCc2ccc(S(=O)(=O)NC3CCCNC3C)cc2CC1. The van der Waals surface area contributed by atoms with Crippen LogP contribution in [0.1, 0.15) is 37.8 Å². The molecule has 1 fully saturated rings. The first-order chi connectivity index (χ1) is 11.9. The number of benzene rings is 1. The maximum absolute atomic E-state index is 12.8. The first-order valence-electron chi connectivity index (χ1n) is 9.00. The molecule has 1 amide bonds. The molecule has 1 aromatic carbocycles. The van der Waals surface area contributed by atoms with Crippen LogP contribution < -0.4 is 10.0 Å². The normalized spacial score (nSPS) is 24.5. The molecule has 0 radical (unpaired) electrons. The van der Waals surface area contributed by atoms with E-state index in [-0.39, 0.29) is 18.0 Å². The number of hydrogen-bond acceptors (Lipinski definition) is 4. The third-order valence-corrected chi connectivity index (χ3v) is 6.79. The smallest absolute Gasteiger partial charge is 0.240 e. The fourth-order valence-corrected chi connectivity index (χ4v) is 5.06. The lowest BCUT2D eigenvalue weighted by atomic mass is 10.0. The van der Waals surface area contributed by atoms with E-state index in [1.54, 1.807) is 19.1 Å². The van der Waals surface area contributed by atoms with Crippen molar-refractivity contribution >= 4 is 15.9 Å². The number of piperidine rings is 1. The van der Waals surface area contributed by atoms with Crippen molar-refractivity contribution in [3.8, 4) is 0 Å². The molecule has 0 aliphatic carbocycles. The van der Waals surface area contributed by atoms with Gasteiger partial charge in [-0.25, -0.2) is 13.1 Å². The van der Waals surface area contributed by atoms with Crippen LogP contribution in [0.4, 0.5) is 0 Å². The zero-order valence-electron chi connectivity index (χ0n) is 14.9. The molecule has 2 unspecified atom stereocenters. The van der Waals surface area contributed by atoms with Crippen LogP contribution in [0.3, 0.4) is 0 Å². The van der Waals surface area contributed by atoms with Crippen LogP contribution in [0.5, 0.6) is 0 Å². The van der Waals surface area contributed by atoms with Crippen molar-refractivity contribution in [2.75, 3.05) is 19.6 Å². The van der Waals surface area contributed by atoms with E-state index < -0.39 is 10.0 Å². The minimum atomic E-state index is -3.54. The first-order valence-corrected chi connectivity index (χ1v) is 10.5. The van der Waals surface area contributed by atoms with E-state index in [1.807, 2.05) is 17.9 Å². The number of nitrogens with zero attached hydrogens (tertiary/aromatic N) is 1. The Morgan fingerprint density at radius 1 is 1.24 bits per heavy atom. The van der Waals surface area contributed by atoms with Crippen LogP contribution in [0.25, 0.3) is 0 Å². The van der Waals surface area contributed by atoms with Crippen LogP contribution >= 0.6 is 0 Å². The molecule has 2 N–H and O–H groups in total. The van der Waals surface area contributed by atoms with Crippen molar-refractivity contribution in [1.29, 1.82) is 0 Å². The van der Waals surface area contributed by atoms with E-state index in [4.69, 9.17) is 0 Å². The Balaban J connectivity index is 1.78. The van der Waals surface area contributed by atoms with E-state index in [0.29, 0.717) is 24.4 Å². The molecule has 2 aliphatic rings. The topological polar surface area (TPSA) is 78.5 Å². The maximum Gasteiger partial charge on any atom is 0.240 e. The number of carbonyl (C=O) groups excluding carboxylic acids is 1. The van der Waals surface area contributed by atoms with Crippen molar-refractivity contribution < 1.29 is 13.2 Å². The van der Waals surface area contributed by atoms with Gasteiger partial charge >= 0.3 is 0 Å². The van der Waals surface area contributed by atoms with E-state index in [0.717, 1.165) is 36.9 Å². The van der Waals surface area contributed by atoms with Gasteiger partial charge in [-0.2, -0.15) is 0 Å². The van der Waals surface area contributed by atoms with Gasteiger partial charge in [0.05, 0.1) is 4.90 Å². The van der Waals surface area contributed by atoms with Crippen LogP contribution in [0.15, 0.2) is 23.1 Å². The third-order valence-electron chi connectivity index (χ3n) is 5.30. The summed E-state index contributed by atoms with van der Waals surface area (Å²) in [6.07, 6.45) is 3.29. The number of rotatable bonds is 3. The van der Waals surface area contributed by atoms with Crippen molar-refractivity contribution in [2.24, 2.45) is 0 Å². The molecule has 0 saturated carbocycles. The molecule has 0 bridgehead atoms. The summed E-state index contributed by atoms with van der Waals surface area (Å²) in [5, 5.41) is 3.32. The van der Waals surface area contributed by atoms with E-state index in [9.17, 15) is 13.2 Å². The van der Waals surface area contributed by atoms with Crippen LogP contribution in [0.2, 0.25) is 0 Å². The second-order valence-corrected chi connectivity index (χ2v) is 8.76. The lowest BCUT2D eigenvalue weighted by Gasteiger charge is -2.30. The van der Waals surface area contributed by atoms with Crippen molar-refractivity contribution in [3.05, 3.63) is 29.3 Å². The molecular weight excluding hydrogens is 338 g/mol. The number of hydrogen-bond donors (Lipinski definition) is 2. The largest absolute Gasteiger partial charge is 0.342 e. The number of amides is 1. The summed E-state index contributed by atoms with van der Waals surface area (Å²) in [5.74, 6) is 0.0705. The van der Waals surface area contributed by atoms with E-state index in [2.05, 4.69) is 10.0 Å². The molecule has 2 aliphatic heterocycles. The highest BCUT2D eigenvalue weighted by atomic mass is 32.2. The fraction of sp³-hybridized carbons (Fsp3) is 0.611. The Morgan fingerprint density at radius 3 is 2.64 bits per heavy atom. The summed E-state index contributed by atoms with van der Waals surface area (Å²) >= 11 is 0. The highest BCUT2D eigenvalue weighted by molar-refractivity contribution is 7.89. The van der Waals surface area contributed by atoms with Gasteiger partial charge in [0.1, 0.15) is 0 Å². The summed E-state index contributed by atoms with van der Waals surface area (Å²) in [6, 6.07) is 5.42. The maximum atomic E-state index is 12.8. The fourth-order valence-electron chi connectivity index (χ4n) is 3.66. The monoisotopic (exact) mass is 365 g/mol. The average molecular weight is 365 g/mol. The van der Waals surface area contributed by atoms with E-state index >= 15 is 0 Å². The van der Waals surface area contributed by atoms with Gasteiger partial charge in [-0.3, -0.25) is 4.79 Å². The molecule has 1 saturated heterocycles. The van der Waals surface area contributed by atoms with Gasteiger partial charge in [0, 0.05) is 32.1 Å². The summed E-state index contributed by atoms with van der Waals surface area (Å²) < 4.78 is 28.4. The Bertz CT molecular complexity index is 748. The number of fused-ring (bicyclic) bond motifs is 1. The molecule has 1 aromatic rings. The molecule has 0 aromatic heterocycles. The zero-order valence-corrected chi connectivity index (χ0v) is 15.7. The first kappa shape index (κ1) is 18.4. The second-order valence-electron chi connectivity index (χ2n) is 7.05. The van der Waals surface area contributed by atoms with Crippen molar-refractivity contribution in [1.82, 2.24) is 14.9 Å². The minimum Gasteiger partial charge on any atom is -0.342 e. The van der Waals surface area contributed by atoms with Crippen LogP contribution in [-0.4, -0.2) is 50.9 Å². The third kappa shape index (κ3) is 4.22. The van der Waals surface area contributed by atoms with Gasteiger partial charge in [-0.15, -0.1) is 0 Å². The van der Waals surface area contributed by atoms with Gasteiger partial charge in [0.15, 0.2) is 0 Å². The lowest BCUT2D eigenvalue weighted by Crippen LogP contribution is -2.51. The Labute approximate surface area is 150 Å². The molecule has 25 heavy (non-hydrogen) atoms. The molecule has 7 heteroatoms. The standard InChI is InChI=1S/C18H27N3O3S/c1-13-18(4-3-9-19-13)20-25(23,24)17-6-5-15-7-10-21(14(2)22)11-8-16(15)12-17/h5-6,12-13,18-20H,3-4,7-11H2,1-2H3. The lowest BCUT2D eigenvalue weighted by molar-refractivity contribution is -0.128. The summed E-state index contributed by atoms with van der Waals surface area (Å²) in [6.45, 7) is 5.86. The van der Waals surface area contributed by atoms with Crippen molar-refractivity contribution in [3.63, 3.8) is 0 Å².